The molecule has 0 aliphatic heterocycles. The SMILES string of the molecule is CCCNCc1occc1COCc1ccccc1F. The molecule has 0 amide bonds. The molecule has 20 heavy (non-hydrogen) atoms. The molecule has 0 aliphatic carbocycles. The molecule has 4 heteroatoms. The van der Waals surface area contributed by atoms with Gasteiger partial charge in [-0.1, -0.05) is 25.1 Å². The Morgan fingerprint density at radius 3 is 2.75 bits per heavy atom. The van der Waals surface area contributed by atoms with Crippen LogP contribution >= 0.6 is 0 Å². The Morgan fingerprint density at radius 2 is 1.95 bits per heavy atom. The summed E-state index contributed by atoms with van der Waals surface area (Å²) >= 11 is 0. The van der Waals surface area contributed by atoms with E-state index < -0.39 is 0 Å². The van der Waals surface area contributed by atoms with Crippen LogP contribution in [-0.4, -0.2) is 6.54 Å². The van der Waals surface area contributed by atoms with Gasteiger partial charge in [0.25, 0.3) is 0 Å². The Hall–Kier alpha value is -1.65. The lowest BCUT2D eigenvalue weighted by Crippen LogP contribution is -2.14. The molecule has 0 saturated heterocycles. The van der Waals surface area contributed by atoms with Gasteiger partial charge in [0.05, 0.1) is 26.0 Å². The second-order valence-corrected chi connectivity index (χ2v) is 4.63. The summed E-state index contributed by atoms with van der Waals surface area (Å²) in [6.45, 7) is 4.46. The maximum absolute atomic E-state index is 13.4. The van der Waals surface area contributed by atoms with Crippen LogP contribution in [-0.2, 0) is 24.5 Å². The fraction of sp³-hybridized carbons (Fsp3) is 0.375. The molecule has 0 bridgehead atoms. The highest BCUT2D eigenvalue weighted by molar-refractivity contribution is 5.17. The molecule has 1 aromatic carbocycles. The molecule has 1 N–H and O–H groups in total. The molecule has 2 rings (SSSR count). The normalized spacial score (nSPS) is 10.9. The van der Waals surface area contributed by atoms with Gasteiger partial charge in [0.2, 0.25) is 0 Å². The number of ether oxygens (including phenoxy) is 1. The molecule has 0 radical (unpaired) electrons. The van der Waals surface area contributed by atoms with E-state index in [1.165, 1.54) is 6.07 Å². The summed E-state index contributed by atoms with van der Waals surface area (Å²) in [4.78, 5) is 0. The third kappa shape index (κ3) is 4.18. The van der Waals surface area contributed by atoms with E-state index in [0.717, 1.165) is 24.3 Å². The van der Waals surface area contributed by atoms with Crippen molar-refractivity contribution in [1.82, 2.24) is 5.32 Å². The molecule has 1 heterocycles. The fourth-order valence-corrected chi connectivity index (χ4v) is 1.92. The van der Waals surface area contributed by atoms with Crippen LogP contribution in [0.5, 0.6) is 0 Å². The van der Waals surface area contributed by atoms with Crippen molar-refractivity contribution < 1.29 is 13.5 Å². The largest absolute Gasteiger partial charge is 0.468 e. The minimum Gasteiger partial charge on any atom is -0.468 e. The van der Waals surface area contributed by atoms with Gasteiger partial charge in [0.1, 0.15) is 11.6 Å². The number of halogens is 1. The van der Waals surface area contributed by atoms with Crippen molar-refractivity contribution in [2.75, 3.05) is 6.54 Å². The third-order valence-corrected chi connectivity index (χ3v) is 3.02. The van der Waals surface area contributed by atoms with Crippen LogP contribution in [0.4, 0.5) is 4.39 Å². The van der Waals surface area contributed by atoms with Crippen LogP contribution in [0.15, 0.2) is 41.0 Å². The highest BCUT2D eigenvalue weighted by Gasteiger charge is 2.07. The van der Waals surface area contributed by atoms with Gasteiger partial charge < -0.3 is 14.5 Å². The smallest absolute Gasteiger partial charge is 0.128 e. The van der Waals surface area contributed by atoms with Gasteiger partial charge in [-0.3, -0.25) is 0 Å². The number of hydrogen-bond donors (Lipinski definition) is 1. The maximum atomic E-state index is 13.4. The van der Waals surface area contributed by atoms with Crippen molar-refractivity contribution in [3.63, 3.8) is 0 Å². The first-order valence-corrected chi connectivity index (χ1v) is 6.88. The Bertz CT molecular complexity index is 525. The predicted octanol–water partition coefficient (Wildman–Crippen LogP) is 3.64. The summed E-state index contributed by atoms with van der Waals surface area (Å²) in [5, 5.41) is 3.29. The number of hydrogen-bond acceptors (Lipinski definition) is 3. The summed E-state index contributed by atoms with van der Waals surface area (Å²) in [5.74, 6) is 0.650. The zero-order valence-electron chi connectivity index (χ0n) is 11.7. The maximum Gasteiger partial charge on any atom is 0.128 e. The second-order valence-electron chi connectivity index (χ2n) is 4.63. The van der Waals surface area contributed by atoms with Gasteiger partial charge in [0.15, 0.2) is 0 Å². The van der Waals surface area contributed by atoms with E-state index in [-0.39, 0.29) is 12.4 Å². The average molecular weight is 277 g/mol. The summed E-state index contributed by atoms with van der Waals surface area (Å²) in [7, 11) is 0. The second kappa shape index (κ2) is 7.82. The monoisotopic (exact) mass is 277 g/mol. The van der Waals surface area contributed by atoms with Crippen molar-refractivity contribution in [3.8, 4) is 0 Å². The number of nitrogens with one attached hydrogen (secondary N) is 1. The van der Waals surface area contributed by atoms with Crippen molar-refractivity contribution in [3.05, 3.63) is 59.3 Å². The molecular formula is C16H20FNO2. The van der Waals surface area contributed by atoms with E-state index in [4.69, 9.17) is 9.15 Å². The molecule has 0 fully saturated rings. The van der Waals surface area contributed by atoms with Crippen LogP contribution in [0, 0.1) is 5.82 Å². The lowest BCUT2D eigenvalue weighted by atomic mass is 10.2. The first kappa shape index (κ1) is 14.8. The predicted molar refractivity (Wildman–Crippen MR) is 75.6 cm³/mol. The Morgan fingerprint density at radius 1 is 1.15 bits per heavy atom. The van der Waals surface area contributed by atoms with Crippen molar-refractivity contribution in [1.29, 1.82) is 0 Å². The minimum atomic E-state index is -0.232. The first-order chi connectivity index (χ1) is 9.81. The van der Waals surface area contributed by atoms with Crippen LogP contribution < -0.4 is 5.32 Å². The van der Waals surface area contributed by atoms with Gasteiger partial charge >= 0.3 is 0 Å². The van der Waals surface area contributed by atoms with Gasteiger partial charge in [0, 0.05) is 11.1 Å². The van der Waals surface area contributed by atoms with Gasteiger partial charge in [-0.05, 0) is 25.1 Å². The lowest BCUT2D eigenvalue weighted by Gasteiger charge is -2.06. The van der Waals surface area contributed by atoms with Gasteiger partial charge in [-0.15, -0.1) is 0 Å². The van der Waals surface area contributed by atoms with E-state index in [1.807, 2.05) is 6.07 Å². The molecule has 0 aliphatic rings. The van der Waals surface area contributed by atoms with E-state index in [1.54, 1.807) is 24.5 Å². The minimum absolute atomic E-state index is 0.232. The summed E-state index contributed by atoms with van der Waals surface area (Å²) in [6.07, 6.45) is 2.74. The lowest BCUT2D eigenvalue weighted by molar-refractivity contribution is 0.103. The standard InChI is InChI=1S/C16H20FNO2/c1-2-8-18-10-16-14(7-9-20-16)12-19-11-13-5-3-4-6-15(13)17/h3-7,9,18H,2,8,10-12H2,1H3. The Kier molecular flexibility index (Phi) is 5.77. The van der Waals surface area contributed by atoms with Crippen molar-refractivity contribution >= 4 is 0 Å². The molecule has 1 aromatic heterocycles. The van der Waals surface area contributed by atoms with Crippen LogP contribution in [0.2, 0.25) is 0 Å². The number of rotatable bonds is 8. The van der Waals surface area contributed by atoms with Crippen LogP contribution in [0.1, 0.15) is 30.2 Å². The van der Waals surface area contributed by atoms with E-state index >= 15 is 0 Å². The molecule has 0 unspecified atom stereocenters. The van der Waals surface area contributed by atoms with Crippen LogP contribution in [0.3, 0.4) is 0 Å². The van der Waals surface area contributed by atoms with Crippen molar-refractivity contribution in [2.24, 2.45) is 0 Å². The number of benzene rings is 1. The molecule has 108 valence electrons. The summed E-state index contributed by atoms with van der Waals surface area (Å²) in [6, 6.07) is 8.54. The zero-order chi connectivity index (χ0) is 14.2. The third-order valence-electron chi connectivity index (χ3n) is 3.02. The Balaban J connectivity index is 1.82. The molecule has 3 nitrogen and oxygen atoms in total. The average Bonchev–Trinajstić information content (AvgIpc) is 2.89. The fourth-order valence-electron chi connectivity index (χ4n) is 1.92. The zero-order valence-corrected chi connectivity index (χ0v) is 11.7. The highest BCUT2D eigenvalue weighted by Crippen LogP contribution is 2.14. The molecule has 0 atom stereocenters. The van der Waals surface area contributed by atoms with Crippen molar-refractivity contribution in [2.45, 2.75) is 33.1 Å². The van der Waals surface area contributed by atoms with E-state index in [2.05, 4.69) is 12.2 Å². The van der Waals surface area contributed by atoms with E-state index in [9.17, 15) is 4.39 Å². The summed E-state index contributed by atoms with van der Waals surface area (Å²) in [5.41, 5.74) is 1.58. The topological polar surface area (TPSA) is 34.4 Å². The van der Waals surface area contributed by atoms with Crippen LogP contribution in [0.25, 0.3) is 0 Å². The molecule has 0 saturated carbocycles. The molecule has 2 aromatic rings. The quantitative estimate of drug-likeness (QED) is 0.748. The van der Waals surface area contributed by atoms with Gasteiger partial charge in [-0.2, -0.15) is 0 Å². The Labute approximate surface area is 118 Å². The van der Waals surface area contributed by atoms with Gasteiger partial charge in [-0.25, -0.2) is 4.39 Å². The number of furan rings is 1. The molecular weight excluding hydrogens is 257 g/mol. The highest BCUT2D eigenvalue weighted by atomic mass is 19.1. The summed E-state index contributed by atoms with van der Waals surface area (Å²) < 4.78 is 24.4. The molecule has 0 spiro atoms. The first-order valence-electron chi connectivity index (χ1n) is 6.88. The van der Waals surface area contributed by atoms with E-state index in [0.29, 0.717) is 18.7 Å².